The van der Waals surface area contributed by atoms with Gasteiger partial charge in [0.15, 0.2) is 5.96 Å². The summed E-state index contributed by atoms with van der Waals surface area (Å²) in [4.78, 5) is 16.7. The molecule has 2 saturated heterocycles. The third-order valence-corrected chi connectivity index (χ3v) is 6.22. The van der Waals surface area contributed by atoms with Gasteiger partial charge in [-0.15, -0.1) is 0 Å². The summed E-state index contributed by atoms with van der Waals surface area (Å²) in [7, 11) is 2.18. The van der Waals surface area contributed by atoms with Crippen LogP contribution in [-0.4, -0.2) is 86.7 Å². The van der Waals surface area contributed by atoms with Crippen molar-refractivity contribution in [1.82, 2.24) is 25.4 Å². The molecule has 0 bridgehead atoms. The van der Waals surface area contributed by atoms with E-state index in [-0.39, 0.29) is 0 Å². The average molecular weight is 416 g/mol. The summed E-state index contributed by atoms with van der Waals surface area (Å²) in [5.74, 6) is 2.88. The third kappa shape index (κ3) is 7.43. The van der Waals surface area contributed by atoms with Crippen LogP contribution in [-0.2, 0) is 6.54 Å². The quantitative estimate of drug-likeness (QED) is 0.385. The Morgan fingerprint density at radius 2 is 1.90 bits per heavy atom. The summed E-state index contributed by atoms with van der Waals surface area (Å²) in [6.45, 7) is 14.9. The SMILES string of the molecule is CCNC(=NCc1ccnc(N2CCN(C)CC2)c1)NCCCN1CCC(C)CC1. The first kappa shape index (κ1) is 22.8. The van der Waals surface area contributed by atoms with Crippen LogP contribution >= 0.6 is 0 Å². The number of piperazine rings is 1. The van der Waals surface area contributed by atoms with E-state index in [2.05, 4.69) is 63.3 Å². The van der Waals surface area contributed by atoms with Crippen molar-refractivity contribution in [2.45, 2.75) is 39.7 Å². The van der Waals surface area contributed by atoms with Crippen molar-refractivity contribution < 1.29 is 0 Å². The number of likely N-dealkylation sites (N-methyl/N-ethyl adjacent to an activating group) is 1. The Morgan fingerprint density at radius 1 is 1.13 bits per heavy atom. The van der Waals surface area contributed by atoms with Gasteiger partial charge in [0.05, 0.1) is 6.54 Å². The largest absolute Gasteiger partial charge is 0.357 e. The van der Waals surface area contributed by atoms with E-state index in [1.165, 1.54) is 38.0 Å². The Kier molecular flexibility index (Phi) is 9.21. The van der Waals surface area contributed by atoms with Crippen molar-refractivity contribution in [3.63, 3.8) is 0 Å². The van der Waals surface area contributed by atoms with E-state index in [1.54, 1.807) is 0 Å². The summed E-state index contributed by atoms with van der Waals surface area (Å²) in [5, 5.41) is 6.88. The molecule has 0 radical (unpaired) electrons. The number of hydrogen-bond donors (Lipinski definition) is 2. The summed E-state index contributed by atoms with van der Waals surface area (Å²) < 4.78 is 0. The summed E-state index contributed by atoms with van der Waals surface area (Å²) in [6, 6.07) is 4.26. The molecule has 0 aromatic carbocycles. The van der Waals surface area contributed by atoms with Crippen molar-refractivity contribution in [1.29, 1.82) is 0 Å². The van der Waals surface area contributed by atoms with E-state index in [0.29, 0.717) is 6.54 Å². The fourth-order valence-electron chi connectivity index (χ4n) is 4.07. The molecule has 0 amide bonds. The lowest BCUT2D eigenvalue weighted by atomic mass is 9.99. The number of rotatable bonds is 8. The molecular formula is C23H41N7. The lowest BCUT2D eigenvalue weighted by molar-refractivity contribution is 0.191. The monoisotopic (exact) mass is 415 g/mol. The van der Waals surface area contributed by atoms with Gasteiger partial charge < -0.3 is 25.3 Å². The summed E-state index contributed by atoms with van der Waals surface area (Å²) in [5.41, 5.74) is 1.21. The molecule has 0 unspecified atom stereocenters. The number of aromatic nitrogens is 1. The highest BCUT2D eigenvalue weighted by molar-refractivity contribution is 5.79. The van der Waals surface area contributed by atoms with Gasteiger partial charge in [-0.3, -0.25) is 0 Å². The molecule has 2 aliphatic rings. The van der Waals surface area contributed by atoms with Crippen LogP contribution in [0.25, 0.3) is 0 Å². The van der Waals surface area contributed by atoms with Gasteiger partial charge in [0.2, 0.25) is 0 Å². The number of anilines is 1. The van der Waals surface area contributed by atoms with E-state index in [4.69, 9.17) is 4.99 Å². The maximum atomic E-state index is 4.80. The molecule has 2 fully saturated rings. The number of aliphatic imine (C=N–C) groups is 1. The zero-order valence-electron chi connectivity index (χ0n) is 19.2. The van der Waals surface area contributed by atoms with Gasteiger partial charge in [0.1, 0.15) is 5.82 Å². The van der Waals surface area contributed by atoms with Gasteiger partial charge in [-0.05, 0) is 76.5 Å². The Labute approximate surface area is 182 Å². The van der Waals surface area contributed by atoms with E-state index >= 15 is 0 Å². The first-order valence-corrected chi connectivity index (χ1v) is 11.8. The number of nitrogens with zero attached hydrogens (tertiary/aromatic N) is 5. The van der Waals surface area contributed by atoms with Crippen molar-refractivity contribution >= 4 is 11.8 Å². The molecule has 0 aliphatic carbocycles. The average Bonchev–Trinajstić information content (AvgIpc) is 2.77. The minimum atomic E-state index is 0.669. The number of nitrogens with one attached hydrogen (secondary N) is 2. The number of piperidine rings is 1. The van der Waals surface area contributed by atoms with Gasteiger partial charge in [0.25, 0.3) is 0 Å². The predicted molar refractivity (Wildman–Crippen MR) is 126 cm³/mol. The highest BCUT2D eigenvalue weighted by Crippen LogP contribution is 2.16. The van der Waals surface area contributed by atoms with Gasteiger partial charge in [-0.2, -0.15) is 0 Å². The minimum absolute atomic E-state index is 0.669. The van der Waals surface area contributed by atoms with Crippen LogP contribution in [0.15, 0.2) is 23.3 Å². The first-order chi connectivity index (χ1) is 14.6. The molecule has 2 aliphatic heterocycles. The molecule has 7 heteroatoms. The molecule has 2 N–H and O–H groups in total. The van der Waals surface area contributed by atoms with Crippen LogP contribution in [0.5, 0.6) is 0 Å². The Hall–Kier alpha value is -1.86. The second kappa shape index (κ2) is 12.1. The van der Waals surface area contributed by atoms with Crippen LogP contribution in [0.2, 0.25) is 0 Å². The van der Waals surface area contributed by atoms with Gasteiger partial charge >= 0.3 is 0 Å². The second-order valence-corrected chi connectivity index (χ2v) is 8.81. The number of guanidine groups is 1. The highest BCUT2D eigenvalue weighted by Gasteiger charge is 2.16. The standard InChI is InChI=1S/C23H41N7/c1-4-24-23(26-9-5-11-29-12-7-20(2)8-13-29)27-19-21-6-10-25-22(18-21)30-16-14-28(3)15-17-30/h6,10,18,20H,4-5,7-9,11-17,19H2,1-3H3,(H2,24,26,27). The van der Waals surface area contributed by atoms with Crippen molar-refractivity contribution in [3.05, 3.63) is 23.9 Å². The van der Waals surface area contributed by atoms with E-state index in [1.807, 2.05) is 6.20 Å². The molecule has 1 aromatic rings. The molecular weight excluding hydrogens is 374 g/mol. The zero-order chi connectivity index (χ0) is 21.2. The molecule has 7 nitrogen and oxygen atoms in total. The number of hydrogen-bond acceptors (Lipinski definition) is 5. The van der Waals surface area contributed by atoms with Crippen LogP contribution < -0.4 is 15.5 Å². The Balaban J connectivity index is 1.45. The zero-order valence-corrected chi connectivity index (χ0v) is 19.2. The first-order valence-electron chi connectivity index (χ1n) is 11.8. The van der Waals surface area contributed by atoms with Crippen LogP contribution in [0, 0.1) is 5.92 Å². The topological polar surface area (TPSA) is 59.0 Å². The second-order valence-electron chi connectivity index (χ2n) is 8.81. The minimum Gasteiger partial charge on any atom is -0.357 e. The van der Waals surface area contributed by atoms with E-state index < -0.39 is 0 Å². The molecule has 168 valence electrons. The molecule has 0 atom stereocenters. The number of pyridine rings is 1. The summed E-state index contributed by atoms with van der Waals surface area (Å²) >= 11 is 0. The molecule has 0 spiro atoms. The van der Waals surface area contributed by atoms with Crippen LogP contribution in [0.4, 0.5) is 5.82 Å². The smallest absolute Gasteiger partial charge is 0.191 e. The van der Waals surface area contributed by atoms with Crippen LogP contribution in [0.3, 0.4) is 0 Å². The van der Waals surface area contributed by atoms with Crippen molar-refractivity contribution in [2.75, 3.05) is 70.9 Å². The third-order valence-electron chi connectivity index (χ3n) is 6.22. The van der Waals surface area contributed by atoms with E-state index in [0.717, 1.165) is 63.4 Å². The lowest BCUT2D eigenvalue weighted by Gasteiger charge is -2.33. The van der Waals surface area contributed by atoms with Crippen LogP contribution in [0.1, 0.15) is 38.7 Å². The maximum absolute atomic E-state index is 4.80. The molecule has 30 heavy (non-hydrogen) atoms. The van der Waals surface area contributed by atoms with Gasteiger partial charge in [-0.25, -0.2) is 9.98 Å². The fourth-order valence-corrected chi connectivity index (χ4v) is 4.07. The Morgan fingerprint density at radius 3 is 2.63 bits per heavy atom. The molecule has 3 heterocycles. The van der Waals surface area contributed by atoms with Crippen molar-refractivity contribution in [3.8, 4) is 0 Å². The predicted octanol–water partition coefficient (Wildman–Crippen LogP) is 2.01. The Bertz CT molecular complexity index is 647. The fraction of sp³-hybridized carbons (Fsp3) is 0.739. The maximum Gasteiger partial charge on any atom is 0.191 e. The number of likely N-dealkylation sites (tertiary alicyclic amines) is 1. The van der Waals surface area contributed by atoms with E-state index in [9.17, 15) is 0 Å². The molecule has 3 rings (SSSR count). The summed E-state index contributed by atoms with van der Waals surface area (Å²) in [6.07, 6.45) is 5.76. The van der Waals surface area contributed by atoms with Crippen molar-refractivity contribution in [2.24, 2.45) is 10.9 Å². The van der Waals surface area contributed by atoms with Gasteiger partial charge in [0, 0.05) is 45.5 Å². The highest BCUT2D eigenvalue weighted by atomic mass is 15.3. The molecule has 0 saturated carbocycles. The van der Waals surface area contributed by atoms with Gasteiger partial charge in [-0.1, -0.05) is 6.92 Å². The normalized spacial score (nSPS) is 19.8. The molecule has 1 aromatic heterocycles. The lowest BCUT2D eigenvalue weighted by Crippen LogP contribution is -2.44.